The predicted molar refractivity (Wildman–Crippen MR) is 61.9 cm³/mol. The Hall–Kier alpha value is -0.120. The Morgan fingerprint density at radius 1 is 1.47 bits per heavy atom. The van der Waals surface area contributed by atoms with E-state index in [1.54, 1.807) is 0 Å². The highest BCUT2D eigenvalue weighted by molar-refractivity contribution is 4.66. The van der Waals surface area contributed by atoms with Crippen molar-refractivity contribution in [1.82, 2.24) is 5.32 Å². The lowest BCUT2D eigenvalue weighted by molar-refractivity contribution is 0.0170. The topological polar surface area (TPSA) is 41.5 Å². The summed E-state index contributed by atoms with van der Waals surface area (Å²) < 4.78 is 5.62. The fourth-order valence-electron chi connectivity index (χ4n) is 1.90. The van der Waals surface area contributed by atoms with Gasteiger partial charge in [-0.3, -0.25) is 0 Å². The maximum absolute atomic E-state index is 8.85. The molecule has 0 aromatic rings. The molecule has 0 amide bonds. The van der Waals surface area contributed by atoms with Crippen LogP contribution in [0.15, 0.2) is 0 Å². The van der Waals surface area contributed by atoms with Crippen molar-refractivity contribution in [3.63, 3.8) is 0 Å². The van der Waals surface area contributed by atoms with Gasteiger partial charge in [-0.1, -0.05) is 6.92 Å². The molecule has 1 aliphatic heterocycles. The van der Waals surface area contributed by atoms with Crippen LogP contribution in [0.3, 0.4) is 0 Å². The van der Waals surface area contributed by atoms with Gasteiger partial charge in [0, 0.05) is 19.8 Å². The summed E-state index contributed by atoms with van der Waals surface area (Å²) in [6, 6.07) is 0. The Morgan fingerprint density at radius 2 is 2.33 bits per heavy atom. The SMILES string of the molecule is CC(CO)CCCNCC1CCCCO1. The van der Waals surface area contributed by atoms with E-state index in [-0.39, 0.29) is 0 Å². The van der Waals surface area contributed by atoms with E-state index in [4.69, 9.17) is 9.84 Å². The first-order valence-corrected chi connectivity index (χ1v) is 6.26. The average Bonchev–Trinajstić information content (AvgIpc) is 2.29. The minimum absolute atomic E-state index is 0.311. The molecule has 90 valence electrons. The Kier molecular flexibility index (Phi) is 6.98. The van der Waals surface area contributed by atoms with Crippen LogP contribution in [-0.4, -0.2) is 37.5 Å². The summed E-state index contributed by atoms with van der Waals surface area (Å²) >= 11 is 0. The van der Waals surface area contributed by atoms with Crippen LogP contribution in [0.4, 0.5) is 0 Å². The molecule has 1 aliphatic rings. The molecule has 0 aliphatic carbocycles. The van der Waals surface area contributed by atoms with Gasteiger partial charge < -0.3 is 15.2 Å². The molecule has 2 atom stereocenters. The number of aliphatic hydroxyl groups excluding tert-OH is 1. The van der Waals surface area contributed by atoms with E-state index < -0.39 is 0 Å². The normalized spacial score (nSPS) is 24.0. The van der Waals surface area contributed by atoms with E-state index in [0.717, 1.165) is 32.5 Å². The van der Waals surface area contributed by atoms with Gasteiger partial charge in [0.05, 0.1) is 6.10 Å². The first-order chi connectivity index (χ1) is 7.33. The first-order valence-electron chi connectivity index (χ1n) is 6.26. The number of nitrogens with one attached hydrogen (secondary N) is 1. The smallest absolute Gasteiger partial charge is 0.0699 e. The van der Waals surface area contributed by atoms with Crippen LogP contribution in [0.25, 0.3) is 0 Å². The van der Waals surface area contributed by atoms with Gasteiger partial charge >= 0.3 is 0 Å². The molecule has 1 fully saturated rings. The van der Waals surface area contributed by atoms with Crippen LogP contribution in [0.2, 0.25) is 0 Å². The van der Waals surface area contributed by atoms with Gasteiger partial charge in [-0.2, -0.15) is 0 Å². The summed E-state index contributed by atoms with van der Waals surface area (Å²) in [5, 5.41) is 12.3. The van der Waals surface area contributed by atoms with Crippen molar-refractivity contribution >= 4 is 0 Å². The number of hydrogen-bond acceptors (Lipinski definition) is 3. The molecule has 3 nitrogen and oxygen atoms in total. The summed E-state index contributed by atoms with van der Waals surface area (Å²) in [4.78, 5) is 0. The van der Waals surface area contributed by atoms with E-state index in [2.05, 4.69) is 12.2 Å². The third-order valence-corrected chi connectivity index (χ3v) is 3.01. The number of ether oxygens (including phenoxy) is 1. The average molecular weight is 215 g/mol. The van der Waals surface area contributed by atoms with E-state index in [9.17, 15) is 0 Å². The molecule has 3 heteroatoms. The molecule has 0 aromatic heterocycles. The van der Waals surface area contributed by atoms with Crippen LogP contribution >= 0.6 is 0 Å². The van der Waals surface area contributed by atoms with Crippen molar-refractivity contribution in [2.45, 2.75) is 45.1 Å². The second-order valence-electron chi connectivity index (χ2n) is 4.62. The predicted octanol–water partition coefficient (Wildman–Crippen LogP) is 1.55. The van der Waals surface area contributed by atoms with Crippen molar-refractivity contribution < 1.29 is 9.84 Å². The van der Waals surface area contributed by atoms with E-state index in [1.807, 2.05) is 0 Å². The number of hydrogen-bond donors (Lipinski definition) is 2. The second-order valence-corrected chi connectivity index (χ2v) is 4.62. The van der Waals surface area contributed by atoms with E-state index in [1.165, 1.54) is 19.3 Å². The maximum Gasteiger partial charge on any atom is 0.0699 e. The molecule has 0 bridgehead atoms. The lowest BCUT2D eigenvalue weighted by atomic mass is 10.1. The summed E-state index contributed by atoms with van der Waals surface area (Å²) in [6.07, 6.45) is 6.44. The van der Waals surface area contributed by atoms with Gasteiger partial charge in [0.15, 0.2) is 0 Å². The third kappa shape index (κ3) is 6.13. The van der Waals surface area contributed by atoms with Gasteiger partial charge in [0.2, 0.25) is 0 Å². The monoisotopic (exact) mass is 215 g/mol. The van der Waals surface area contributed by atoms with Crippen molar-refractivity contribution in [1.29, 1.82) is 0 Å². The Morgan fingerprint density at radius 3 is 3.00 bits per heavy atom. The molecule has 1 rings (SSSR count). The minimum Gasteiger partial charge on any atom is -0.396 e. The molecule has 15 heavy (non-hydrogen) atoms. The molecule has 0 spiro atoms. The zero-order valence-electron chi connectivity index (χ0n) is 9.87. The fraction of sp³-hybridized carbons (Fsp3) is 1.00. The molecular weight excluding hydrogens is 190 g/mol. The Balaban J connectivity index is 1.87. The molecule has 0 radical (unpaired) electrons. The second kappa shape index (κ2) is 8.08. The van der Waals surface area contributed by atoms with Crippen molar-refractivity contribution in [3.8, 4) is 0 Å². The van der Waals surface area contributed by atoms with Crippen LogP contribution in [0.5, 0.6) is 0 Å². The largest absolute Gasteiger partial charge is 0.396 e. The van der Waals surface area contributed by atoms with Crippen LogP contribution in [0.1, 0.15) is 39.0 Å². The van der Waals surface area contributed by atoms with Crippen LogP contribution in [0, 0.1) is 5.92 Å². The summed E-state index contributed by atoms with van der Waals surface area (Å²) in [5.74, 6) is 0.442. The van der Waals surface area contributed by atoms with Crippen LogP contribution < -0.4 is 5.32 Å². The molecule has 0 aromatic carbocycles. The molecule has 2 N–H and O–H groups in total. The van der Waals surface area contributed by atoms with Crippen molar-refractivity contribution in [2.24, 2.45) is 5.92 Å². The standard InChI is InChI=1S/C12H25NO2/c1-11(10-14)5-4-7-13-9-12-6-2-3-8-15-12/h11-14H,2-10H2,1H3. The Labute approximate surface area is 93.2 Å². The van der Waals surface area contributed by atoms with E-state index in [0.29, 0.717) is 18.6 Å². The summed E-state index contributed by atoms with van der Waals surface area (Å²) in [7, 11) is 0. The van der Waals surface area contributed by atoms with Crippen molar-refractivity contribution in [2.75, 3.05) is 26.3 Å². The fourth-order valence-corrected chi connectivity index (χ4v) is 1.90. The molecule has 2 unspecified atom stereocenters. The Bertz CT molecular complexity index is 147. The zero-order chi connectivity index (χ0) is 10.9. The van der Waals surface area contributed by atoms with Crippen LogP contribution in [-0.2, 0) is 4.74 Å². The molecule has 1 heterocycles. The minimum atomic E-state index is 0.311. The third-order valence-electron chi connectivity index (χ3n) is 3.01. The number of aliphatic hydroxyl groups is 1. The quantitative estimate of drug-likeness (QED) is 0.633. The lowest BCUT2D eigenvalue weighted by Crippen LogP contribution is -2.32. The lowest BCUT2D eigenvalue weighted by Gasteiger charge is -2.22. The highest BCUT2D eigenvalue weighted by Crippen LogP contribution is 2.11. The van der Waals surface area contributed by atoms with E-state index >= 15 is 0 Å². The van der Waals surface area contributed by atoms with Gasteiger partial charge in [-0.25, -0.2) is 0 Å². The first kappa shape index (κ1) is 12.9. The highest BCUT2D eigenvalue weighted by Gasteiger charge is 2.12. The molecular formula is C12H25NO2. The zero-order valence-corrected chi connectivity index (χ0v) is 9.87. The maximum atomic E-state index is 8.85. The van der Waals surface area contributed by atoms with Crippen molar-refractivity contribution in [3.05, 3.63) is 0 Å². The van der Waals surface area contributed by atoms with Gasteiger partial charge in [0.25, 0.3) is 0 Å². The number of rotatable bonds is 7. The van der Waals surface area contributed by atoms with Gasteiger partial charge in [-0.05, 0) is 44.6 Å². The molecule has 0 saturated carbocycles. The highest BCUT2D eigenvalue weighted by atomic mass is 16.5. The molecule has 1 saturated heterocycles. The van der Waals surface area contributed by atoms with Gasteiger partial charge in [0.1, 0.15) is 0 Å². The summed E-state index contributed by atoms with van der Waals surface area (Å²) in [6.45, 7) is 5.38. The summed E-state index contributed by atoms with van der Waals surface area (Å²) in [5.41, 5.74) is 0. The van der Waals surface area contributed by atoms with Gasteiger partial charge in [-0.15, -0.1) is 0 Å².